The van der Waals surface area contributed by atoms with Crippen LogP contribution in [-0.4, -0.2) is 52.2 Å². The van der Waals surface area contributed by atoms with Gasteiger partial charge in [0.1, 0.15) is 6.33 Å². The van der Waals surface area contributed by atoms with Crippen molar-refractivity contribution in [1.82, 2.24) is 20.1 Å². The molecule has 0 radical (unpaired) electrons. The van der Waals surface area contributed by atoms with Crippen LogP contribution in [0.2, 0.25) is 0 Å². The van der Waals surface area contributed by atoms with E-state index >= 15 is 0 Å². The third-order valence-electron chi connectivity index (χ3n) is 5.49. The lowest BCUT2D eigenvalue weighted by molar-refractivity contribution is 0.0746. The van der Waals surface area contributed by atoms with Gasteiger partial charge in [0.05, 0.1) is 0 Å². The van der Waals surface area contributed by atoms with Crippen molar-refractivity contribution in [3.63, 3.8) is 0 Å². The molecule has 7 heteroatoms. The van der Waals surface area contributed by atoms with Crippen molar-refractivity contribution in [3.05, 3.63) is 71.0 Å². The van der Waals surface area contributed by atoms with E-state index in [1.807, 2.05) is 29.2 Å². The molecule has 4 rings (SSSR count). The van der Waals surface area contributed by atoms with Gasteiger partial charge >= 0.3 is 0 Å². The molecular weight excluding hydrogens is 382 g/mol. The lowest BCUT2D eigenvalue weighted by Crippen LogP contribution is -2.49. The van der Waals surface area contributed by atoms with E-state index in [1.165, 1.54) is 23.1 Å². The zero-order valence-corrected chi connectivity index (χ0v) is 17.6. The minimum absolute atomic E-state index is 0.111. The van der Waals surface area contributed by atoms with E-state index in [2.05, 4.69) is 52.1 Å². The topological polar surface area (TPSA) is 65.1 Å². The molecule has 1 aromatic heterocycles. The van der Waals surface area contributed by atoms with Gasteiger partial charge < -0.3 is 9.80 Å². The Labute approximate surface area is 175 Å². The molecule has 3 aromatic rings. The molecule has 150 valence electrons. The van der Waals surface area contributed by atoms with E-state index in [0.29, 0.717) is 5.75 Å². The van der Waals surface area contributed by atoms with E-state index in [4.69, 9.17) is 0 Å². The van der Waals surface area contributed by atoms with Gasteiger partial charge in [0.25, 0.3) is 5.91 Å². The summed E-state index contributed by atoms with van der Waals surface area (Å²) in [5.74, 6) is 0.791. The fourth-order valence-electron chi connectivity index (χ4n) is 3.66. The molecule has 6 nitrogen and oxygen atoms in total. The molecule has 1 N–H and O–H groups in total. The number of carbonyl (C=O) groups excluding carboxylic acids is 1. The highest BCUT2D eigenvalue weighted by molar-refractivity contribution is 7.98. The highest BCUT2D eigenvalue weighted by Gasteiger charge is 2.24. The molecule has 2 aromatic carbocycles. The summed E-state index contributed by atoms with van der Waals surface area (Å²) in [6.07, 6.45) is 1.49. The minimum Gasteiger partial charge on any atom is -0.368 e. The van der Waals surface area contributed by atoms with Crippen LogP contribution in [0, 0.1) is 13.8 Å². The highest BCUT2D eigenvalue weighted by atomic mass is 32.2. The molecule has 1 aliphatic rings. The van der Waals surface area contributed by atoms with Crippen LogP contribution in [0.25, 0.3) is 0 Å². The maximum absolute atomic E-state index is 13.2. The molecule has 1 saturated heterocycles. The van der Waals surface area contributed by atoms with Gasteiger partial charge in [-0.05, 0) is 42.7 Å². The number of H-pyrrole nitrogens is 1. The smallest absolute Gasteiger partial charge is 0.254 e. The summed E-state index contributed by atoms with van der Waals surface area (Å²) < 4.78 is 0. The molecule has 1 fully saturated rings. The fourth-order valence-corrected chi connectivity index (χ4v) is 4.45. The average molecular weight is 408 g/mol. The van der Waals surface area contributed by atoms with Gasteiger partial charge in [-0.1, -0.05) is 42.1 Å². The van der Waals surface area contributed by atoms with Crippen molar-refractivity contribution in [2.24, 2.45) is 0 Å². The SMILES string of the molecule is Cc1cccc(N2CCN(C(=O)c3ccccc3CSc3ncn[nH]3)CC2)c1C. The number of nitrogens with zero attached hydrogens (tertiary/aromatic N) is 4. The van der Waals surface area contributed by atoms with Crippen LogP contribution >= 0.6 is 11.8 Å². The highest BCUT2D eigenvalue weighted by Crippen LogP contribution is 2.25. The monoisotopic (exact) mass is 407 g/mol. The molecule has 0 saturated carbocycles. The Kier molecular flexibility index (Phi) is 5.85. The Morgan fingerprint density at radius 2 is 1.86 bits per heavy atom. The number of hydrogen-bond donors (Lipinski definition) is 1. The number of piperazine rings is 1. The van der Waals surface area contributed by atoms with Gasteiger partial charge in [-0.15, -0.1) is 0 Å². The molecule has 0 unspecified atom stereocenters. The molecule has 1 aliphatic heterocycles. The molecule has 0 bridgehead atoms. The Balaban J connectivity index is 1.43. The number of rotatable bonds is 5. The first-order chi connectivity index (χ1) is 14.1. The molecule has 0 spiro atoms. The molecule has 29 heavy (non-hydrogen) atoms. The number of aromatic nitrogens is 3. The Hall–Kier alpha value is -2.80. The van der Waals surface area contributed by atoms with Crippen LogP contribution < -0.4 is 4.90 Å². The molecule has 1 amide bonds. The minimum atomic E-state index is 0.111. The maximum atomic E-state index is 13.2. The number of thioether (sulfide) groups is 1. The molecule has 2 heterocycles. The summed E-state index contributed by atoms with van der Waals surface area (Å²) in [4.78, 5) is 21.7. The molecular formula is C22H25N5OS. The van der Waals surface area contributed by atoms with Crippen molar-refractivity contribution in [2.75, 3.05) is 31.1 Å². The quantitative estimate of drug-likeness (QED) is 0.654. The van der Waals surface area contributed by atoms with Gasteiger partial charge in [0, 0.05) is 43.2 Å². The van der Waals surface area contributed by atoms with Gasteiger partial charge in [0.15, 0.2) is 5.16 Å². The van der Waals surface area contributed by atoms with E-state index in [9.17, 15) is 4.79 Å². The van der Waals surface area contributed by atoms with Crippen LogP contribution in [0.1, 0.15) is 27.0 Å². The summed E-state index contributed by atoms with van der Waals surface area (Å²) in [5, 5.41) is 7.48. The number of anilines is 1. The lowest BCUT2D eigenvalue weighted by Gasteiger charge is -2.37. The van der Waals surface area contributed by atoms with Crippen molar-refractivity contribution in [2.45, 2.75) is 24.8 Å². The fraction of sp³-hybridized carbons (Fsp3) is 0.318. The van der Waals surface area contributed by atoms with Crippen LogP contribution in [0.5, 0.6) is 0 Å². The Morgan fingerprint density at radius 3 is 2.62 bits per heavy atom. The largest absolute Gasteiger partial charge is 0.368 e. The van der Waals surface area contributed by atoms with E-state index in [1.54, 1.807) is 11.8 Å². The van der Waals surface area contributed by atoms with Crippen molar-refractivity contribution in [3.8, 4) is 0 Å². The van der Waals surface area contributed by atoms with Crippen molar-refractivity contribution >= 4 is 23.4 Å². The second-order valence-corrected chi connectivity index (χ2v) is 8.20. The number of aromatic amines is 1. The van der Waals surface area contributed by atoms with Gasteiger partial charge in [-0.3, -0.25) is 9.89 Å². The van der Waals surface area contributed by atoms with Gasteiger partial charge in [-0.2, -0.15) is 5.10 Å². The standard InChI is InChI=1S/C22H25N5OS/c1-16-6-5-9-20(17(16)2)26-10-12-27(13-11-26)21(28)19-8-4-3-7-18(19)14-29-22-23-15-24-25-22/h3-9,15H,10-14H2,1-2H3,(H,23,24,25). The van der Waals surface area contributed by atoms with E-state index in [-0.39, 0.29) is 5.91 Å². The van der Waals surface area contributed by atoms with Crippen molar-refractivity contribution < 1.29 is 4.79 Å². The first kappa shape index (κ1) is 19.5. The summed E-state index contributed by atoms with van der Waals surface area (Å²) in [7, 11) is 0. The number of aryl methyl sites for hydroxylation is 1. The Morgan fingerprint density at radius 1 is 1.07 bits per heavy atom. The summed E-state index contributed by atoms with van der Waals surface area (Å²) >= 11 is 1.55. The third kappa shape index (κ3) is 4.29. The number of hydrogen-bond acceptors (Lipinski definition) is 5. The van der Waals surface area contributed by atoms with Crippen LogP contribution in [0.3, 0.4) is 0 Å². The third-order valence-corrected chi connectivity index (χ3v) is 6.41. The number of nitrogens with one attached hydrogen (secondary N) is 1. The van der Waals surface area contributed by atoms with Gasteiger partial charge in [0.2, 0.25) is 0 Å². The summed E-state index contributed by atoms with van der Waals surface area (Å²) in [6.45, 7) is 7.48. The molecule has 0 atom stereocenters. The van der Waals surface area contributed by atoms with E-state index < -0.39 is 0 Å². The average Bonchev–Trinajstić information content (AvgIpc) is 3.28. The lowest BCUT2D eigenvalue weighted by atomic mass is 10.1. The first-order valence-electron chi connectivity index (χ1n) is 9.80. The van der Waals surface area contributed by atoms with Crippen LogP contribution in [0.4, 0.5) is 5.69 Å². The second kappa shape index (κ2) is 8.69. The zero-order chi connectivity index (χ0) is 20.2. The normalized spacial score (nSPS) is 14.3. The predicted octanol–water partition coefficient (Wildman–Crippen LogP) is 3.68. The second-order valence-electron chi connectivity index (χ2n) is 7.23. The Bertz CT molecular complexity index is 981. The summed E-state index contributed by atoms with van der Waals surface area (Å²) in [5.41, 5.74) is 5.71. The number of benzene rings is 2. The number of carbonyl (C=O) groups is 1. The van der Waals surface area contributed by atoms with Crippen molar-refractivity contribution in [1.29, 1.82) is 0 Å². The van der Waals surface area contributed by atoms with Crippen LogP contribution in [-0.2, 0) is 5.75 Å². The predicted molar refractivity (Wildman–Crippen MR) is 116 cm³/mol. The van der Waals surface area contributed by atoms with Crippen LogP contribution in [0.15, 0.2) is 53.9 Å². The first-order valence-corrected chi connectivity index (χ1v) is 10.8. The summed E-state index contributed by atoms with van der Waals surface area (Å²) in [6, 6.07) is 14.3. The maximum Gasteiger partial charge on any atom is 0.254 e. The zero-order valence-electron chi connectivity index (χ0n) is 16.8. The van der Waals surface area contributed by atoms with Gasteiger partial charge in [-0.25, -0.2) is 4.98 Å². The number of amides is 1. The molecule has 0 aliphatic carbocycles. The van der Waals surface area contributed by atoms with E-state index in [0.717, 1.165) is 42.5 Å².